The summed E-state index contributed by atoms with van der Waals surface area (Å²) in [7, 11) is 1.84. The van der Waals surface area contributed by atoms with E-state index in [0.29, 0.717) is 5.92 Å². The predicted octanol–water partition coefficient (Wildman–Crippen LogP) is 2.24. The smallest absolute Gasteiger partial charge is 0.191 e. The fourth-order valence-electron chi connectivity index (χ4n) is 2.18. The number of rotatable bonds is 8. The summed E-state index contributed by atoms with van der Waals surface area (Å²) >= 11 is 0. The minimum Gasteiger partial charge on any atom is -0.383 e. The van der Waals surface area contributed by atoms with Crippen LogP contribution in [0.4, 0.5) is 0 Å². The van der Waals surface area contributed by atoms with Crippen molar-refractivity contribution >= 4 is 29.9 Å². The van der Waals surface area contributed by atoms with Gasteiger partial charge in [-0.25, -0.2) is 4.99 Å². The van der Waals surface area contributed by atoms with E-state index in [-0.39, 0.29) is 30.5 Å². The first kappa shape index (κ1) is 22.2. The average molecular weight is 437 g/mol. The predicted molar refractivity (Wildman–Crippen MR) is 106 cm³/mol. The molecule has 0 aromatic carbocycles. The van der Waals surface area contributed by atoms with Crippen LogP contribution in [0, 0.1) is 5.92 Å². The summed E-state index contributed by atoms with van der Waals surface area (Å²) in [6.07, 6.45) is 5.80. The lowest BCUT2D eigenvalue weighted by Crippen LogP contribution is -2.40. The molecule has 0 aliphatic rings. The van der Waals surface area contributed by atoms with Gasteiger partial charge in [-0.05, 0) is 19.8 Å². The van der Waals surface area contributed by atoms with Crippen LogP contribution < -0.4 is 10.6 Å². The number of halogens is 1. The standard InChI is InChI=1S/C16H31N5O.HI/c1-6-13(7-2)9-18-15(17-8-3)19-12-16(4,22)14-10-20-21(5)11-14;/h10-11,13,22H,6-9,12H2,1-5H3,(H2,17,18,19);1H. The van der Waals surface area contributed by atoms with E-state index in [9.17, 15) is 5.11 Å². The van der Waals surface area contributed by atoms with Crippen molar-refractivity contribution in [3.05, 3.63) is 18.0 Å². The Labute approximate surface area is 157 Å². The molecular weight excluding hydrogens is 405 g/mol. The van der Waals surface area contributed by atoms with Gasteiger partial charge in [0.2, 0.25) is 0 Å². The Balaban J connectivity index is 0.00000484. The summed E-state index contributed by atoms with van der Waals surface area (Å²) in [6, 6.07) is 0. The maximum absolute atomic E-state index is 10.6. The molecule has 0 aliphatic heterocycles. The molecule has 0 radical (unpaired) electrons. The number of nitrogens with zero attached hydrogens (tertiary/aromatic N) is 3. The van der Waals surface area contributed by atoms with Crippen molar-refractivity contribution in [3.63, 3.8) is 0 Å². The third-order valence-corrected chi connectivity index (χ3v) is 3.93. The lowest BCUT2D eigenvalue weighted by atomic mass is 10.0. The highest BCUT2D eigenvalue weighted by atomic mass is 127. The molecule has 0 bridgehead atoms. The van der Waals surface area contributed by atoms with Gasteiger partial charge in [-0.2, -0.15) is 5.10 Å². The van der Waals surface area contributed by atoms with Crippen LogP contribution in [-0.2, 0) is 12.6 Å². The van der Waals surface area contributed by atoms with Crippen LogP contribution in [-0.4, -0.2) is 40.5 Å². The fraction of sp³-hybridized carbons (Fsp3) is 0.750. The van der Waals surface area contributed by atoms with E-state index in [4.69, 9.17) is 0 Å². The number of aliphatic imine (C=N–C) groups is 1. The topological polar surface area (TPSA) is 74.5 Å². The van der Waals surface area contributed by atoms with Crippen LogP contribution in [0.25, 0.3) is 0 Å². The third kappa shape index (κ3) is 7.52. The molecule has 0 fully saturated rings. The van der Waals surface area contributed by atoms with Gasteiger partial charge in [0.15, 0.2) is 5.96 Å². The van der Waals surface area contributed by atoms with Crippen LogP contribution in [0.5, 0.6) is 0 Å². The number of hydrogen-bond acceptors (Lipinski definition) is 3. The monoisotopic (exact) mass is 437 g/mol. The summed E-state index contributed by atoms with van der Waals surface area (Å²) in [4.78, 5) is 4.52. The van der Waals surface area contributed by atoms with E-state index in [1.807, 2.05) is 20.2 Å². The molecule has 0 amide bonds. The quantitative estimate of drug-likeness (QED) is 0.331. The number of nitrogens with one attached hydrogen (secondary N) is 2. The molecule has 7 heteroatoms. The average Bonchev–Trinajstić information content (AvgIpc) is 2.93. The van der Waals surface area contributed by atoms with Crippen LogP contribution in [0.15, 0.2) is 17.4 Å². The van der Waals surface area contributed by atoms with E-state index in [1.54, 1.807) is 17.8 Å². The van der Waals surface area contributed by atoms with Gasteiger partial charge in [-0.3, -0.25) is 4.68 Å². The maximum Gasteiger partial charge on any atom is 0.191 e. The summed E-state index contributed by atoms with van der Waals surface area (Å²) in [6.45, 7) is 10.2. The zero-order chi connectivity index (χ0) is 16.6. The van der Waals surface area contributed by atoms with Crippen LogP contribution in [0.2, 0.25) is 0 Å². The van der Waals surface area contributed by atoms with Gasteiger partial charge in [-0.15, -0.1) is 24.0 Å². The van der Waals surface area contributed by atoms with Gasteiger partial charge >= 0.3 is 0 Å². The van der Waals surface area contributed by atoms with E-state index < -0.39 is 5.60 Å². The normalized spacial score (nSPS) is 14.3. The first-order valence-corrected chi connectivity index (χ1v) is 8.16. The Morgan fingerprint density at radius 2 is 2.00 bits per heavy atom. The summed E-state index contributed by atoms with van der Waals surface area (Å²) in [5.41, 5.74) is -0.250. The summed E-state index contributed by atoms with van der Waals surface area (Å²) < 4.78 is 1.68. The molecular formula is C16H32IN5O. The first-order valence-electron chi connectivity index (χ1n) is 8.16. The van der Waals surface area contributed by atoms with Crippen molar-refractivity contribution in [1.82, 2.24) is 20.4 Å². The molecule has 1 unspecified atom stereocenters. The first-order chi connectivity index (χ1) is 10.4. The molecule has 1 aromatic heterocycles. The second-order valence-electron chi connectivity index (χ2n) is 5.94. The number of aromatic nitrogens is 2. The van der Waals surface area contributed by atoms with Gasteiger partial charge in [0, 0.05) is 31.9 Å². The highest BCUT2D eigenvalue weighted by molar-refractivity contribution is 14.0. The Kier molecular flexibility index (Phi) is 10.5. The van der Waals surface area contributed by atoms with Crippen molar-refractivity contribution in [2.24, 2.45) is 18.0 Å². The molecule has 1 atom stereocenters. The van der Waals surface area contributed by atoms with Crippen molar-refractivity contribution < 1.29 is 5.11 Å². The van der Waals surface area contributed by atoms with Gasteiger partial charge in [0.25, 0.3) is 0 Å². The number of aliphatic hydroxyl groups is 1. The molecule has 0 aliphatic carbocycles. The zero-order valence-electron chi connectivity index (χ0n) is 15.0. The van der Waals surface area contributed by atoms with Crippen molar-refractivity contribution in [2.75, 3.05) is 19.6 Å². The van der Waals surface area contributed by atoms with Gasteiger partial charge in [-0.1, -0.05) is 26.7 Å². The van der Waals surface area contributed by atoms with E-state index in [0.717, 1.165) is 37.5 Å². The zero-order valence-corrected chi connectivity index (χ0v) is 17.3. The molecule has 1 rings (SSSR count). The molecule has 0 saturated carbocycles. The van der Waals surface area contributed by atoms with Crippen LogP contribution in [0.3, 0.4) is 0 Å². The highest BCUT2D eigenvalue weighted by Crippen LogP contribution is 2.19. The molecule has 1 heterocycles. The van der Waals surface area contributed by atoms with Gasteiger partial charge < -0.3 is 15.7 Å². The Morgan fingerprint density at radius 1 is 1.35 bits per heavy atom. The minimum atomic E-state index is -1.02. The maximum atomic E-state index is 10.6. The molecule has 3 N–H and O–H groups in total. The molecule has 6 nitrogen and oxygen atoms in total. The lowest BCUT2D eigenvalue weighted by molar-refractivity contribution is 0.0671. The second kappa shape index (κ2) is 10.9. The van der Waals surface area contributed by atoms with Gasteiger partial charge in [0.05, 0.1) is 12.7 Å². The van der Waals surface area contributed by atoms with Crippen molar-refractivity contribution in [2.45, 2.75) is 46.1 Å². The van der Waals surface area contributed by atoms with Gasteiger partial charge in [0.1, 0.15) is 5.60 Å². The second-order valence-corrected chi connectivity index (χ2v) is 5.94. The highest BCUT2D eigenvalue weighted by Gasteiger charge is 2.24. The molecule has 0 saturated heterocycles. The molecule has 134 valence electrons. The lowest BCUT2D eigenvalue weighted by Gasteiger charge is -2.21. The van der Waals surface area contributed by atoms with E-state index in [1.165, 1.54) is 0 Å². The van der Waals surface area contributed by atoms with Crippen molar-refractivity contribution in [1.29, 1.82) is 0 Å². The summed E-state index contributed by atoms with van der Waals surface area (Å²) in [5, 5.41) is 21.3. The number of guanidine groups is 1. The Morgan fingerprint density at radius 3 is 2.48 bits per heavy atom. The largest absolute Gasteiger partial charge is 0.383 e. The molecule has 1 aromatic rings. The SMILES string of the molecule is CCNC(=NCC(C)(O)c1cnn(C)c1)NCC(CC)CC.I. The summed E-state index contributed by atoms with van der Waals surface area (Å²) in [5.74, 6) is 1.39. The fourth-order valence-corrected chi connectivity index (χ4v) is 2.18. The van der Waals surface area contributed by atoms with E-state index >= 15 is 0 Å². The minimum absolute atomic E-state index is 0. The van der Waals surface area contributed by atoms with Crippen LogP contribution >= 0.6 is 24.0 Å². The molecule has 0 spiro atoms. The Bertz CT molecular complexity index is 469. The number of aryl methyl sites for hydroxylation is 1. The van der Waals surface area contributed by atoms with E-state index in [2.05, 4.69) is 34.6 Å². The van der Waals surface area contributed by atoms with Crippen LogP contribution in [0.1, 0.15) is 46.1 Å². The number of hydrogen-bond donors (Lipinski definition) is 3. The molecule has 23 heavy (non-hydrogen) atoms. The van der Waals surface area contributed by atoms with Crippen molar-refractivity contribution in [3.8, 4) is 0 Å². The Hall–Kier alpha value is -0.830. The third-order valence-electron chi connectivity index (χ3n) is 3.93.